The zero-order valence-corrected chi connectivity index (χ0v) is 18.7. The van der Waals surface area contributed by atoms with Crippen molar-refractivity contribution in [1.82, 2.24) is 19.8 Å². The summed E-state index contributed by atoms with van der Waals surface area (Å²) in [6.45, 7) is 4.19. The Labute approximate surface area is 180 Å². The van der Waals surface area contributed by atoms with Gasteiger partial charge in [0.05, 0.1) is 17.6 Å². The molecule has 3 aromatic rings. The minimum Gasteiger partial charge on any atom is -0.350 e. The molecule has 0 fully saturated rings. The number of benzene rings is 2. The number of imidazole rings is 1. The smallest absolute Gasteiger partial charge is 0.321 e. The predicted molar refractivity (Wildman–Crippen MR) is 122 cm³/mol. The van der Waals surface area contributed by atoms with Crippen LogP contribution < -0.4 is 10.6 Å². The lowest BCUT2D eigenvalue weighted by molar-refractivity contribution is 0.0943. The minimum atomic E-state index is -0.211. The second-order valence-electron chi connectivity index (χ2n) is 7.44. The van der Waals surface area contributed by atoms with Gasteiger partial charge >= 0.3 is 6.03 Å². The largest absolute Gasteiger partial charge is 0.350 e. The molecule has 0 radical (unpaired) electrons. The summed E-state index contributed by atoms with van der Waals surface area (Å²) in [5, 5.41) is 5.80. The summed E-state index contributed by atoms with van der Waals surface area (Å²) < 4.78 is 1.94. The Kier molecular flexibility index (Phi) is 6.66. The third-order valence-corrected chi connectivity index (χ3v) is 5.43. The number of hydrogen-bond donors (Lipinski definition) is 2. The third-order valence-electron chi connectivity index (χ3n) is 4.70. The van der Waals surface area contributed by atoms with E-state index in [1.165, 1.54) is 0 Å². The van der Waals surface area contributed by atoms with Gasteiger partial charge in [0.15, 0.2) is 0 Å². The molecule has 0 aliphatic heterocycles. The van der Waals surface area contributed by atoms with Gasteiger partial charge in [0.2, 0.25) is 0 Å². The average molecular weight is 426 g/mol. The zero-order chi connectivity index (χ0) is 21.8. The van der Waals surface area contributed by atoms with E-state index >= 15 is 0 Å². The molecule has 3 rings (SSSR count). The molecule has 0 atom stereocenters. The molecule has 158 valence electrons. The molecule has 0 saturated heterocycles. The molecule has 1 heterocycles. The van der Waals surface area contributed by atoms with Gasteiger partial charge in [0.25, 0.3) is 5.91 Å². The van der Waals surface area contributed by atoms with Gasteiger partial charge in [-0.1, -0.05) is 6.07 Å². The minimum absolute atomic E-state index is 0.0660. The first kappa shape index (κ1) is 21.7. The van der Waals surface area contributed by atoms with E-state index < -0.39 is 0 Å². The summed E-state index contributed by atoms with van der Waals surface area (Å²) in [6, 6.07) is 13.0. The lowest BCUT2D eigenvalue weighted by Gasteiger charge is -2.18. The summed E-state index contributed by atoms with van der Waals surface area (Å²) in [7, 11) is 3.64. The van der Waals surface area contributed by atoms with Gasteiger partial charge in [0, 0.05) is 36.3 Å². The fourth-order valence-corrected chi connectivity index (χ4v) is 3.54. The highest BCUT2D eigenvalue weighted by Gasteiger charge is 2.16. The van der Waals surface area contributed by atoms with Gasteiger partial charge in [-0.05, 0) is 56.5 Å². The fourth-order valence-electron chi connectivity index (χ4n) is 3.08. The lowest BCUT2D eigenvalue weighted by Crippen LogP contribution is -2.31. The maximum atomic E-state index is 12.6. The molecule has 0 bridgehead atoms. The summed E-state index contributed by atoms with van der Waals surface area (Å²) >= 11 is 1.62. The average Bonchev–Trinajstić information content (AvgIpc) is 3.02. The Balaban J connectivity index is 1.74. The summed E-state index contributed by atoms with van der Waals surface area (Å²) in [5.74, 6) is 0.616. The number of nitrogens with zero attached hydrogens (tertiary/aromatic N) is 3. The van der Waals surface area contributed by atoms with Crippen LogP contribution in [0.4, 0.5) is 10.5 Å². The first-order valence-corrected chi connectivity index (χ1v) is 10.9. The Morgan fingerprint density at radius 1 is 1.20 bits per heavy atom. The van der Waals surface area contributed by atoms with Crippen molar-refractivity contribution < 1.29 is 9.59 Å². The molecule has 2 aromatic carbocycles. The number of aryl methyl sites for hydroxylation is 1. The number of rotatable bonds is 6. The van der Waals surface area contributed by atoms with E-state index in [2.05, 4.69) is 15.6 Å². The molecular weight excluding hydrogens is 398 g/mol. The van der Waals surface area contributed by atoms with Gasteiger partial charge in [-0.3, -0.25) is 4.79 Å². The van der Waals surface area contributed by atoms with Crippen LogP contribution in [0.25, 0.3) is 11.0 Å². The van der Waals surface area contributed by atoms with Crippen LogP contribution in [0.3, 0.4) is 0 Å². The van der Waals surface area contributed by atoms with E-state index in [4.69, 9.17) is 0 Å². The van der Waals surface area contributed by atoms with Crippen molar-refractivity contribution in [2.75, 3.05) is 18.6 Å². The number of aromatic nitrogens is 2. The van der Waals surface area contributed by atoms with Crippen LogP contribution in [0.1, 0.15) is 30.0 Å². The Bertz CT molecular complexity index is 1080. The molecule has 3 amide bonds. The maximum absolute atomic E-state index is 12.6. The monoisotopic (exact) mass is 425 g/mol. The van der Waals surface area contributed by atoms with E-state index in [1.54, 1.807) is 35.8 Å². The van der Waals surface area contributed by atoms with Crippen molar-refractivity contribution in [3.63, 3.8) is 0 Å². The molecule has 0 saturated carbocycles. The van der Waals surface area contributed by atoms with Crippen LogP contribution >= 0.6 is 11.8 Å². The molecular formula is C22H27N5O2S. The van der Waals surface area contributed by atoms with E-state index in [1.807, 2.05) is 62.0 Å². The topological polar surface area (TPSA) is 79.3 Å². The van der Waals surface area contributed by atoms with E-state index in [0.717, 1.165) is 27.4 Å². The van der Waals surface area contributed by atoms with Crippen LogP contribution in [0.2, 0.25) is 0 Å². The van der Waals surface area contributed by atoms with Crippen molar-refractivity contribution in [3.8, 4) is 0 Å². The molecule has 30 heavy (non-hydrogen) atoms. The number of amides is 3. The van der Waals surface area contributed by atoms with E-state index in [9.17, 15) is 9.59 Å². The SMILES string of the molecule is CSc1cccc(NC(=O)N(C)Cc2nc3cc(C(=O)NC(C)C)ccc3n2C)c1. The van der Waals surface area contributed by atoms with Gasteiger partial charge in [-0.25, -0.2) is 9.78 Å². The summed E-state index contributed by atoms with van der Waals surface area (Å²) in [4.78, 5) is 32.2. The third kappa shape index (κ3) is 4.94. The molecule has 2 N–H and O–H groups in total. The molecule has 0 unspecified atom stereocenters. The van der Waals surface area contributed by atoms with Crippen molar-refractivity contribution in [2.45, 2.75) is 31.3 Å². The number of nitrogens with one attached hydrogen (secondary N) is 2. The second-order valence-corrected chi connectivity index (χ2v) is 8.32. The maximum Gasteiger partial charge on any atom is 0.321 e. The standard InChI is InChI=1S/C22H27N5O2S/c1-14(2)23-21(28)15-9-10-19-18(11-15)25-20(27(19)4)13-26(3)22(29)24-16-7-6-8-17(12-16)30-5/h6-12,14H,13H2,1-5H3,(H,23,28)(H,24,29). The van der Waals surface area contributed by atoms with Crippen LogP contribution in [0.5, 0.6) is 0 Å². The van der Waals surface area contributed by atoms with Gasteiger partial charge < -0.3 is 20.1 Å². The Morgan fingerprint density at radius 3 is 2.67 bits per heavy atom. The quantitative estimate of drug-likeness (QED) is 0.583. The number of hydrogen-bond acceptors (Lipinski definition) is 4. The second kappa shape index (κ2) is 9.21. The molecule has 7 nitrogen and oxygen atoms in total. The molecule has 1 aromatic heterocycles. The first-order valence-electron chi connectivity index (χ1n) is 9.71. The zero-order valence-electron chi connectivity index (χ0n) is 17.9. The van der Waals surface area contributed by atoms with Crippen LogP contribution in [0, 0.1) is 0 Å². The number of thioether (sulfide) groups is 1. The number of carbonyl (C=O) groups excluding carboxylic acids is 2. The van der Waals surface area contributed by atoms with Crippen LogP contribution in [0.15, 0.2) is 47.4 Å². The van der Waals surface area contributed by atoms with Gasteiger partial charge in [0.1, 0.15) is 5.82 Å². The fraction of sp³-hybridized carbons (Fsp3) is 0.318. The lowest BCUT2D eigenvalue weighted by atomic mass is 10.2. The predicted octanol–water partition coefficient (Wildman–Crippen LogP) is 4.10. The van der Waals surface area contributed by atoms with Crippen molar-refractivity contribution in [2.24, 2.45) is 7.05 Å². The van der Waals surface area contributed by atoms with Gasteiger partial charge in [-0.2, -0.15) is 0 Å². The summed E-state index contributed by atoms with van der Waals surface area (Å²) in [6.07, 6.45) is 2.00. The van der Waals surface area contributed by atoms with Crippen molar-refractivity contribution in [1.29, 1.82) is 0 Å². The van der Waals surface area contributed by atoms with E-state index in [0.29, 0.717) is 12.1 Å². The first-order chi connectivity index (χ1) is 14.3. The number of fused-ring (bicyclic) bond motifs is 1. The van der Waals surface area contributed by atoms with Crippen LogP contribution in [-0.4, -0.2) is 45.7 Å². The highest BCUT2D eigenvalue weighted by molar-refractivity contribution is 7.98. The number of carbonyl (C=O) groups is 2. The molecule has 0 aliphatic carbocycles. The Morgan fingerprint density at radius 2 is 1.97 bits per heavy atom. The van der Waals surface area contributed by atoms with Crippen LogP contribution in [-0.2, 0) is 13.6 Å². The number of urea groups is 1. The molecule has 0 spiro atoms. The number of anilines is 1. The van der Waals surface area contributed by atoms with Gasteiger partial charge in [-0.15, -0.1) is 11.8 Å². The highest BCUT2D eigenvalue weighted by atomic mass is 32.2. The van der Waals surface area contributed by atoms with Crippen molar-refractivity contribution in [3.05, 3.63) is 53.9 Å². The van der Waals surface area contributed by atoms with E-state index in [-0.39, 0.29) is 18.0 Å². The normalized spacial score (nSPS) is 11.0. The molecule has 0 aliphatic rings. The summed E-state index contributed by atoms with van der Waals surface area (Å²) in [5.41, 5.74) is 2.96. The highest BCUT2D eigenvalue weighted by Crippen LogP contribution is 2.20. The molecule has 8 heteroatoms. The van der Waals surface area contributed by atoms with Crippen molar-refractivity contribution >= 4 is 40.4 Å². The Hall–Kier alpha value is -3.00.